The van der Waals surface area contributed by atoms with E-state index in [1.54, 1.807) is 6.92 Å². The molecule has 1 aromatic rings. The second-order valence-corrected chi connectivity index (χ2v) is 11.3. The molecule has 3 aliphatic heterocycles. The van der Waals surface area contributed by atoms with Crippen LogP contribution in [0, 0.1) is 18.3 Å². The summed E-state index contributed by atoms with van der Waals surface area (Å²) in [7, 11) is 0. The third kappa shape index (κ3) is 6.74. The molecule has 32 heavy (non-hydrogen) atoms. The number of hydrogen-bond donors (Lipinski definition) is 1. The Morgan fingerprint density at radius 3 is 2.31 bits per heavy atom. The summed E-state index contributed by atoms with van der Waals surface area (Å²) in [6, 6.07) is 5.16. The van der Waals surface area contributed by atoms with Gasteiger partial charge in [0.05, 0.1) is 6.54 Å². The van der Waals surface area contributed by atoms with Crippen molar-refractivity contribution < 1.29 is 14.3 Å². The Bertz CT molecular complexity index is 807. The lowest BCUT2D eigenvalue weighted by Gasteiger charge is -2.38. The zero-order valence-corrected chi connectivity index (χ0v) is 20.9. The van der Waals surface area contributed by atoms with Gasteiger partial charge in [-0.1, -0.05) is 34.3 Å². The molecule has 0 aliphatic carbocycles. The molecule has 0 aromatic heterocycles. The molecule has 0 saturated carbocycles. The van der Waals surface area contributed by atoms with Gasteiger partial charge in [-0.2, -0.15) is 0 Å². The predicted octanol–water partition coefficient (Wildman–Crippen LogP) is 5.97. The fraction of sp³-hybridized carbons (Fsp3) is 0.667. The molecule has 1 N–H and O–H groups in total. The summed E-state index contributed by atoms with van der Waals surface area (Å²) < 4.78 is 11.4. The van der Waals surface area contributed by atoms with Crippen molar-refractivity contribution in [2.75, 3.05) is 25.1 Å². The van der Waals surface area contributed by atoms with Crippen molar-refractivity contribution in [1.82, 2.24) is 4.90 Å². The van der Waals surface area contributed by atoms with Gasteiger partial charge in [0.1, 0.15) is 19.0 Å². The van der Waals surface area contributed by atoms with Crippen molar-refractivity contribution in [3.63, 3.8) is 0 Å². The van der Waals surface area contributed by atoms with Gasteiger partial charge in [0.15, 0.2) is 11.5 Å². The van der Waals surface area contributed by atoms with Gasteiger partial charge in [0, 0.05) is 29.0 Å². The number of fused-ring (bicyclic) bond motifs is 3. The first-order chi connectivity index (χ1) is 15.0. The Morgan fingerprint density at radius 2 is 1.72 bits per heavy atom. The van der Waals surface area contributed by atoms with Crippen molar-refractivity contribution in [2.24, 2.45) is 11.3 Å². The lowest BCUT2D eigenvalue weighted by Crippen LogP contribution is -2.45. The zero-order valence-electron chi connectivity index (χ0n) is 20.9. The molecule has 5 heteroatoms. The number of Topliss-reactive ketones (excluding diaryl/α,β-unsaturated/α-hetero) is 1. The molecule has 2 bridgehead atoms. The van der Waals surface area contributed by atoms with E-state index >= 15 is 0 Å². The van der Waals surface area contributed by atoms with E-state index < -0.39 is 0 Å². The van der Waals surface area contributed by atoms with Gasteiger partial charge in [-0.15, -0.1) is 0 Å². The number of allylic oxidation sites excluding steroid dienone is 1. The highest BCUT2D eigenvalue weighted by molar-refractivity contribution is 5.77. The first-order valence-corrected chi connectivity index (χ1v) is 12.1. The number of ketones is 1. The Morgan fingerprint density at radius 1 is 1.12 bits per heavy atom. The molecule has 1 aromatic carbocycles. The van der Waals surface area contributed by atoms with Gasteiger partial charge in [-0.3, -0.25) is 9.69 Å². The van der Waals surface area contributed by atoms with Crippen LogP contribution < -0.4 is 14.8 Å². The highest BCUT2D eigenvalue weighted by Crippen LogP contribution is 2.41. The van der Waals surface area contributed by atoms with Crippen molar-refractivity contribution in [3.8, 4) is 11.5 Å². The Kier molecular flexibility index (Phi) is 7.92. The van der Waals surface area contributed by atoms with E-state index in [-0.39, 0.29) is 5.78 Å². The number of carbonyl (C=O) groups excluding carboxylic acids is 1. The molecule has 4 rings (SSSR count). The summed E-state index contributed by atoms with van der Waals surface area (Å²) >= 11 is 0. The van der Waals surface area contributed by atoms with E-state index in [0.29, 0.717) is 43.2 Å². The van der Waals surface area contributed by atoms with E-state index in [1.807, 2.05) is 12.1 Å². The number of hydrogen-bond acceptors (Lipinski definition) is 5. The number of carbonyl (C=O) groups is 1. The van der Waals surface area contributed by atoms with E-state index in [1.165, 1.54) is 25.7 Å². The SMILES string of the molecule is C=C(CC1C[C@H]2CC[C@@H](C1)N2CC(C)=O)Nc1ccc2c(c1C)OCCO2.CC(C)(C)C. The predicted molar refractivity (Wildman–Crippen MR) is 132 cm³/mol. The first-order valence-electron chi connectivity index (χ1n) is 12.1. The van der Waals surface area contributed by atoms with Crippen LogP contribution >= 0.6 is 0 Å². The number of ether oxygens (including phenoxy) is 2. The van der Waals surface area contributed by atoms with E-state index in [2.05, 4.69) is 51.4 Å². The molecule has 0 radical (unpaired) electrons. The maximum atomic E-state index is 11.5. The van der Waals surface area contributed by atoms with Crippen LogP contribution in [0.1, 0.15) is 72.3 Å². The minimum atomic E-state index is 0.283. The van der Waals surface area contributed by atoms with Crippen LogP contribution in [0.4, 0.5) is 5.69 Å². The summed E-state index contributed by atoms with van der Waals surface area (Å²) in [5, 5.41) is 3.50. The van der Waals surface area contributed by atoms with Crippen LogP contribution in [0.5, 0.6) is 11.5 Å². The normalized spacial score (nSPS) is 24.4. The van der Waals surface area contributed by atoms with E-state index in [0.717, 1.165) is 34.9 Å². The van der Waals surface area contributed by atoms with Crippen molar-refractivity contribution in [3.05, 3.63) is 30.0 Å². The van der Waals surface area contributed by atoms with Crippen molar-refractivity contribution >= 4 is 11.5 Å². The van der Waals surface area contributed by atoms with Gasteiger partial charge < -0.3 is 14.8 Å². The summed E-state index contributed by atoms with van der Waals surface area (Å²) in [6.45, 7) is 18.6. The van der Waals surface area contributed by atoms with Gasteiger partial charge >= 0.3 is 0 Å². The molecule has 1 unspecified atom stereocenters. The molecule has 3 atom stereocenters. The van der Waals surface area contributed by atoms with Crippen LogP contribution in [-0.2, 0) is 4.79 Å². The number of nitrogens with one attached hydrogen (secondary N) is 1. The minimum Gasteiger partial charge on any atom is -0.486 e. The monoisotopic (exact) mass is 442 g/mol. The van der Waals surface area contributed by atoms with Crippen LogP contribution in [-0.4, -0.2) is 42.5 Å². The maximum absolute atomic E-state index is 11.5. The maximum Gasteiger partial charge on any atom is 0.166 e. The largest absolute Gasteiger partial charge is 0.486 e. The number of nitrogens with zero attached hydrogens (tertiary/aromatic N) is 1. The minimum absolute atomic E-state index is 0.283. The topological polar surface area (TPSA) is 50.8 Å². The van der Waals surface area contributed by atoms with E-state index in [9.17, 15) is 4.79 Å². The zero-order chi connectivity index (χ0) is 23.5. The molecule has 5 nitrogen and oxygen atoms in total. The standard InChI is InChI=1S/C22H30N2O3.C5H12/c1-14(23-20-6-7-21-22(16(20)3)27-9-8-26-21)10-17-11-18-4-5-19(12-17)24(18)13-15(2)25;1-5(2,3)4/h6-7,17-19,23H,1,4-5,8-13H2,2-3H3;1-4H3/t17?,18-,19+;. The number of rotatable bonds is 6. The highest BCUT2D eigenvalue weighted by atomic mass is 16.6. The molecule has 0 spiro atoms. The third-order valence-corrected chi connectivity index (χ3v) is 6.19. The molecule has 2 fully saturated rings. The van der Waals surface area contributed by atoms with Crippen LogP contribution in [0.3, 0.4) is 0 Å². The van der Waals surface area contributed by atoms with Crippen molar-refractivity contribution in [1.29, 1.82) is 0 Å². The molecule has 178 valence electrons. The first kappa shape index (κ1) is 24.6. The molecule has 0 amide bonds. The number of piperidine rings is 1. The van der Waals surface area contributed by atoms with Crippen LogP contribution in [0.2, 0.25) is 0 Å². The Balaban J connectivity index is 0.000000523. The van der Waals surface area contributed by atoms with Crippen LogP contribution in [0.25, 0.3) is 0 Å². The fourth-order valence-corrected chi connectivity index (χ4v) is 5.05. The third-order valence-electron chi connectivity index (χ3n) is 6.19. The highest BCUT2D eigenvalue weighted by Gasteiger charge is 2.40. The smallest absolute Gasteiger partial charge is 0.166 e. The summed E-state index contributed by atoms with van der Waals surface area (Å²) in [6.07, 6.45) is 5.79. The Labute approximate surface area is 194 Å². The quantitative estimate of drug-likeness (QED) is 0.588. The molecule has 3 heterocycles. The number of anilines is 1. The van der Waals surface area contributed by atoms with Gasteiger partial charge in [0.2, 0.25) is 0 Å². The number of benzene rings is 1. The van der Waals surface area contributed by atoms with Gasteiger partial charge in [-0.25, -0.2) is 0 Å². The second kappa shape index (κ2) is 10.3. The second-order valence-electron chi connectivity index (χ2n) is 11.3. The molecular weight excluding hydrogens is 400 g/mol. The van der Waals surface area contributed by atoms with Crippen LogP contribution in [0.15, 0.2) is 24.4 Å². The van der Waals surface area contributed by atoms with E-state index in [4.69, 9.17) is 9.47 Å². The van der Waals surface area contributed by atoms with Gasteiger partial charge in [-0.05, 0) is 69.4 Å². The van der Waals surface area contributed by atoms with Crippen molar-refractivity contribution in [2.45, 2.75) is 85.7 Å². The summed E-state index contributed by atoms with van der Waals surface area (Å²) in [5.74, 6) is 2.59. The molecule has 3 aliphatic rings. The Hall–Kier alpha value is -2.01. The summed E-state index contributed by atoms with van der Waals surface area (Å²) in [4.78, 5) is 14.0. The lowest BCUT2D eigenvalue weighted by molar-refractivity contribution is -0.119. The van der Waals surface area contributed by atoms with Gasteiger partial charge in [0.25, 0.3) is 0 Å². The average Bonchev–Trinajstić information content (AvgIpc) is 2.91. The molecule has 2 saturated heterocycles. The average molecular weight is 443 g/mol. The lowest BCUT2D eigenvalue weighted by atomic mass is 9.87. The fourth-order valence-electron chi connectivity index (χ4n) is 5.05. The molecular formula is C27H42N2O3. The summed E-state index contributed by atoms with van der Waals surface area (Å²) in [5.41, 5.74) is 3.67.